The summed E-state index contributed by atoms with van der Waals surface area (Å²) in [6.07, 6.45) is 2.54. The zero-order chi connectivity index (χ0) is 9.80. The molecule has 1 saturated heterocycles. The standard InChI is InChI=1S/C8H12N4OS/c13-8(7-6-10-14-11-7)12-4-1-2-9-3-5-12/h6,9H,1-5H2. The van der Waals surface area contributed by atoms with E-state index in [2.05, 4.69) is 14.1 Å². The molecule has 1 aromatic heterocycles. The number of aromatic nitrogens is 2. The Labute approximate surface area is 86.4 Å². The average molecular weight is 212 g/mol. The van der Waals surface area contributed by atoms with Gasteiger partial charge in [0.15, 0.2) is 5.69 Å². The molecule has 1 aliphatic heterocycles. The second-order valence-electron chi connectivity index (χ2n) is 3.19. The first-order valence-corrected chi connectivity index (χ1v) is 5.38. The number of carbonyl (C=O) groups excluding carboxylic acids is 1. The van der Waals surface area contributed by atoms with E-state index in [-0.39, 0.29) is 5.91 Å². The first-order chi connectivity index (χ1) is 6.88. The molecule has 5 nitrogen and oxygen atoms in total. The number of carbonyl (C=O) groups is 1. The van der Waals surface area contributed by atoms with E-state index in [9.17, 15) is 4.79 Å². The summed E-state index contributed by atoms with van der Waals surface area (Å²) < 4.78 is 7.77. The highest BCUT2D eigenvalue weighted by molar-refractivity contribution is 6.99. The highest BCUT2D eigenvalue weighted by Gasteiger charge is 2.18. The summed E-state index contributed by atoms with van der Waals surface area (Å²) in [5.41, 5.74) is 0.469. The van der Waals surface area contributed by atoms with Gasteiger partial charge < -0.3 is 10.2 Å². The Kier molecular flexibility index (Phi) is 3.05. The molecule has 0 atom stereocenters. The van der Waals surface area contributed by atoms with Gasteiger partial charge in [-0.05, 0) is 13.0 Å². The Balaban J connectivity index is 2.03. The van der Waals surface area contributed by atoms with Gasteiger partial charge in [0.1, 0.15) is 0 Å². The van der Waals surface area contributed by atoms with Crippen molar-refractivity contribution in [1.29, 1.82) is 0 Å². The molecule has 0 spiro atoms. The van der Waals surface area contributed by atoms with E-state index in [0.717, 1.165) is 44.3 Å². The van der Waals surface area contributed by atoms with Gasteiger partial charge in [-0.2, -0.15) is 8.75 Å². The number of amides is 1. The van der Waals surface area contributed by atoms with Crippen molar-refractivity contribution in [1.82, 2.24) is 19.0 Å². The summed E-state index contributed by atoms with van der Waals surface area (Å²) in [5.74, 6) is 0.00227. The van der Waals surface area contributed by atoms with Crippen LogP contribution in [0.3, 0.4) is 0 Å². The largest absolute Gasteiger partial charge is 0.336 e. The minimum Gasteiger partial charge on any atom is -0.336 e. The molecule has 1 amide bonds. The predicted octanol–water partition coefficient (Wildman–Crippen LogP) is -0.0264. The summed E-state index contributed by atoms with van der Waals surface area (Å²) in [4.78, 5) is 13.6. The van der Waals surface area contributed by atoms with Crippen LogP contribution < -0.4 is 5.32 Å². The molecule has 0 bridgehead atoms. The maximum Gasteiger partial charge on any atom is 0.275 e. The number of hydrogen-bond acceptors (Lipinski definition) is 5. The monoisotopic (exact) mass is 212 g/mol. The number of nitrogens with zero attached hydrogens (tertiary/aromatic N) is 3. The quantitative estimate of drug-likeness (QED) is 0.710. The van der Waals surface area contributed by atoms with E-state index in [0.29, 0.717) is 5.69 Å². The van der Waals surface area contributed by atoms with Crippen molar-refractivity contribution in [3.8, 4) is 0 Å². The molecule has 0 saturated carbocycles. The minimum atomic E-state index is 0.00227. The summed E-state index contributed by atoms with van der Waals surface area (Å²) >= 11 is 1.07. The molecule has 76 valence electrons. The van der Waals surface area contributed by atoms with E-state index >= 15 is 0 Å². The third-order valence-corrected chi connectivity index (χ3v) is 2.69. The second-order valence-corrected chi connectivity index (χ2v) is 3.75. The van der Waals surface area contributed by atoms with Crippen LogP contribution in [-0.4, -0.2) is 45.7 Å². The number of rotatable bonds is 1. The van der Waals surface area contributed by atoms with Crippen molar-refractivity contribution in [3.63, 3.8) is 0 Å². The van der Waals surface area contributed by atoms with Gasteiger partial charge in [0.25, 0.3) is 5.91 Å². The molecule has 0 aliphatic carbocycles. The van der Waals surface area contributed by atoms with Gasteiger partial charge in [-0.1, -0.05) is 0 Å². The van der Waals surface area contributed by atoms with Crippen molar-refractivity contribution in [2.75, 3.05) is 26.2 Å². The summed E-state index contributed by atoms with van der Waals surface area (Å²) in [6.45, 7) is 3.42. The lowest BCUT2D eigenvalue weighted by molar-refractivity contribution is 0.0761. The van der Waals surface area contributed by atoms with Crippen molar-refractivity contribution >= 4 is 17.6 Å². The van der Waals surface area contributed by atoms with Crippen LogP contribution in [0, 0.1) is 0 Å². The van der Waals surface area contributed by atoms with Crippen LogP contribution in [0.5, 0.6) is 0 Å². The first kappa shape index (κ1) is 9.54. The highest BCUT2D eigenvalue weighted by atomic mass is 32.1. The summed E-state index contributed by atoms with van der Waals surface area (Å²) in [5, 5.41) is 3.25. The Morgan fingerprint density at radius 2 is 2.43 bits per heavy atom. The number of hydrogen-bond donors (Lipinski definition) is 1. The van der Waals surface area contributed by atoms with Crippen LogP contribution in [0.2, 0.25) is 0 Å². The lowest BCUT2D eigenvalue weighted by atomic mass is 10.3. The van der Waals surface area contributed by atoms with Crippen molar-refractivity contribution in [2.45, 2.75) is 6.42 Å². The van der Waals surface area contributed by atoms with Crippen molar-refractivity contribution in [3.05, 3.63) is 11.9 Å². The normalized spacial score (nSPS) is 17.9. The van der Waals surface area contributed by atoms with E-state index in [1.807, 2.05) is 4.90 Å². The third-order valence-electron chi connectivity index (χ3n) is 2.21. The van der Waals surface area contributed by atoms with Gasteiger partial charge in [0.05, 0.1) is 17.9 Å². The lowest BCUT2D eigenvalue weighted by Crippen LogP contribution is -2.34. The van der Waals surface area contributed by atoms with Gasteiger partial charge in [0.2, 0.25) is 0 Å². The van der Waals surface area contributed by atoms with Crippen LogP contribution in [0.1, 0.15) is 16.9 Å². The number of nitrogens with one attached hydrogen (secondary N) is 1. The lowest BCUT2D eigenvalue weighted by Gasteiger charge is -2.17. The van der Waals surface area contributed by atoms with Crippen molar-refractivity contribution in [2.24, 2.45) is 0 Å². The van der Waals surface area contributed by atoms with Crippen LogP contribution in [0.25, 0.3) is 0 Å². The van der Waals surface area contributed by atoms with E-state index in [1.165, 1.54) is 6.20 Å². The molecule has 0 aromatic carbocycles. The average Bonchev–Trinajstić information content (AvgIpc) is 2.59. The van der Waals surface area contributed by atoms with Crippen LogP contribution in [0.4, 0.5) is 0 Å². The second kappa shape index (κ2) is 4.47. The summed E-state index contributed by atoms with van der Waals surface area (Å²) in [7, 11) is 0. The van der Waals surface area contributed by atoms with Gasteiger partial charge >= 0.3 is 0 Å². The van der Waals surface area contributed by atoms with Crippen LogP contribution >= 0.6 is 11.7 Å². The van der Waals surface area contributed by atoms with Crippen molar-refractivity contribution < 1.29 is 4.79 Å². The molecule has 6 heteroatoms. The predicted molar refractivity (Wildman–Crippen MR) is 53.3 cm³/mol. The molecule has 0 unspecified atom stereocenters. The molecule has 0 radical (unpaired) electrons. The van der Waals surface area contributed by atoms with Gasteiger partial charge in [0, 0.05) is 19.6 Å². The smallest absolute Gasteiger partial charge is 0.275 e. The fraction of sp³-hybridized carbons (Fsp3) is 0.625. The SMILES string of the molecule is O=C(c1cnsn1)N1CCCNCC1. The molecular weight excluding hydrogens is 200 g/mol. The fourth-order valence-electron chi connectivity index (χ4n) is 1.47. The van der Waals surface area contributed by atoms with E-state index in [4.69, 9.17) is 0 Å². The molecule has 1 fully saturated rings. The molecular formula is C8H12N4OS. The van der Waals surface area contributed by atoms with E-state index < -0.39 is 0 Å². The Bertz CT molecular complexity index is 292. The molecule has 1 aromatic rings. The van der Waals surface area contributed by atoms with Gasteiger partial charge in [-0.3, -0.25) is 4.79 Å². The zero-order valence-corrected chi connectivity index (χ0v) is 8.59. The van der Waals surface area contributed by atoms with Crippen LogP contribution in [-0.2, 0) is 0 Å². The van der Waals surface area contributed by atoms with E-state index in [1.54, 1.807) is 0 Å². The Morgan fingerprint density at radius 1 is 1.50 bits per heavy atom. The maximum absolute atomic E-state index is 11.8. The molecule has 1 N–H and O–H groups in total. The summed E-state index contributed by atoms with van der Waals surface area (Å²) in [6, 6.07) is 0. The molecule has 1 aliphatic rings. The van der Waals surface area contributed by atoms with Gasteiger partial charge in [-0.15, -0.1) is 0 Å². The maximum atomic E-state index is 11.8. The Hall–Kier alpha value is -1.01. The van der Waals surface area contributed by atoms with Gasteiger partial charge in [-0.25, -0.2) is 0 Å². The molecule has 14 heavy (non-hydrogen) atoms. The van der Waals surface area contributed by atoms with Crippen LogP contribution in [0.15, 0.2) is 6.20 Å². The zero-order valence-electron chi connectivity index (χ0n) is 7.77. The molecule has 2 rings (SSSR count). The minimum absolute atomic E-state index is 0.00227. The fourth-order valence-corrected chi connectivity index (χ4v) is 1.88. The highest BCUT2D eigenvalue weighted by Crippen LogP contribution is 2.04. The first-order valence-electron chi connectivity index (χ1n) is 4.65. The topological polar surface area (TPSA) is 58.1 Å². The Morgan fingerprint density at radius 3 is 3.21 bits per heavy atom. The molecule has 2 heterocycles. The third kappa shape index (κ3) is 2.08.